The van der Waals surface area contributed by atoms with Crippen molar-refractivity contribution in [3.63, 3.8) is 0 Å². The van der Waals surface area contributed by atoms with Gasteiger partial charge in [0.2, 0.25) is 0 Å². The monoisotopic (exact) mass is 437 g/mol. The number of nitrogens with one attached hydrogen (secondary N) is 2. The topological polar surface area (TPSA) is 126 Å². The van der Waals surface area contributed by atoms with E-state index in [2.05, 4.69) is 25.5 Å². The number of benzene rings is 2. The summed E-state index contributed by atoms with van der Waals surface area (Å²) in [6, 6.07) is 11.5. The Bertz CT molecular complexity index is 1240. The van der Waals surface area contributed by atoms with E-state index in [1.54, 1.807) is 12.1 Å². The molecule has 0 amide bonds. The maximum absolute atomic E-state index is 13.0. The van der Waals surface area contributed by atoms with E-state index in [1.807, 2.05) is 18.2 Å². The molecule has 2 aromatic heterocycles. The van der Waals surface area contributed by atoms with Crippen LogP contribution in [0, 0.1) is 11.7 Å². The molecule has 9 nitrogen and oxygen atoms in total. The lowest BCUT2D eigenvalue weighted by Crippen LogP contribution is -2.27. The SMILES string of the molecule is O=C(O)[C@H]1CC[C@@H](Oc2ccc3nc(-c4nnc(Nc5ccc(F)cc5)o4)[nH]c3c2)CC1. The lowest BCUT2D eigenvalue weighted by atomic mass is 9.87. The van der Waals surface area contributed by atoms with Gasteiger partial charge in [0.15, 0.2) is 5.82 Å². The van der Waals surface area contributed by atoms with Crippen LogP contribution in [0.3, 0.4) is 0 Å². The maximum atomic E-state index is 13.0. The minimum absolute atomic E-state index is 0.00137. The Morgan fingerprint density at radius 1 is 1.12 bits per heavy atom. The molecule has 10 heteroatoms. The van der Waals surface area contributed by atoms with Gasteiger partial charge in [0.1, 0.15) is 11.6 Å². The van der Waals surface area contributed by atoms with E-state index in [-0.39, 0.29) is 29.7 Å². The van der Waals surface area contributed by atoms with Gasteiger partial charge < -0.3 is 24.6 Å². The minimum atomic E-state index is -0.730. The molecule has 1 aliphatic carbocycles. The van der Waals surface area contributed by atoms with Crippen LogP contribution in [0.5, 0.6) is 5.75 Å². The molecule has 0 aliphatic heterocycles. The number of anilines is 2. The van der Waals surface area contributed by atoms with Gasteiger partial charge in [-0.1, -0.05) is 5.10 Å². The molecule has 5 rings (SSSR count). The summed E-state index contributed by atoms with van der Waals surface area (Å²) in [7, 11) is 0. The molecule has 4 aromatic rings. The van der Waals surface area contributed by atoms with E-state index < -0.39 is 5.97 Å². The Morgan fingerprint density at radius 3 is 2.66 bits per heavy atom. The smallest absolute Gasteiger partial charge is 0.320 e. The number of hydrogen-bond acceptors (Lipinski definition) is 7. The predicted octanol–water partition coefficient (Wildman–Crippen LogP) is 4.52. The van der Waals surface area contributed by atoms with Gasteiger partial charge in [-0.2, -0.15) is 0 Å². The average molecular weight is 437 g/mol. The van der Waals surface area contributed by atoms with Crippen molar-refractivity contribution in [2.45, 2.75) is 31.8 Å². The van der Waals surface area contributed by atoms with Gasteiger partial charge in [-0.05, 0) is 62.1 Å². The number of aromatic nitrogens is 4. The zero-order valence-electron chi connectivity index (χ0n) is 16.9. The fraction of sp³-hybridized carbons (Fsp3) is 0.273. The van der Waals surface area contributed by atoms with Gasteiger partial charge in [-0.15, -0.1) is 5.10 Å². The molecule has 164 valence electrons. The number of rotatable bonds is 6. The second kappa shape index (κ2) is 8.29. The lowest BCUT2D eigenvalue weighted by Gasteiger charge is -2.26. The van der Waals surface area contributed by atoms with Gasteiger partial charge in [0.25, 0.3) is 5.89 Å². The van der Waals surface area contributed by atoms with Gasteiger partial charge in [-0.3, -0.25) is 4.79 Å². The summed E-state index contributed by atoms with van der Waals surface area (Å²) >= 11 is 0. The first kappa shape index (κ1) is 20.0. The van der Waals surface area contributed by atoms with Crippen molar-refractivity contribution in [3.05, 3.63) is 48.3 Å². The second-order valence-electron chi connectivity index (χ2n) is 7.74. The van der Waals surface area contributed by atoms with E-state index in [9.17, 15) is 9.18 Å². The van der Waals surface area contributed by atoms with Crippen LogP contribution in [-0.4, -0.2) is 37.3 Å². The molecule has 0 bridgehead atoms. The van der Waals surface area contributed by atoms with Crippen LogP contribution >= 0.6 is 0 Å². The number of carbonyl (C=O) groups is 1. The third-order valence-corrected chi connectivity index (χ3v) is 5.50. The average Bonchev–Trinajstić information content (AvgIpc) is 3.42. The standard InChI is InChI=1S/C22H20FN5O4/c23-13-3-5-14(6-4-13)24-22-28-27-20(32-22)19-25-17-10-9-16(11-18(17)26-19)31-15-7-1-12(2-8-15)21(29)30/h3-6,9-12,15H,1-2,7-8H2,(H,24,28)(H,25,26)(H,29,30)/t12-,15+. The van der Waals surface area contributed by atoms with E-state index in [0.29, 0.717) is 35.6 Å². The summed E-state index contributed by atoms with van der Waals surface area (Å²) in [6.45, 7) is 0. The van der Waals surface area contributed by atoms with Crippen LogP contribution in [0.1, 0.15) is 25.7 Å². The van der Waals surface area contributed by atoms with Crippen molar-refractivity contribution >= 4 is 28.7 Å². The van der Waals surface area contributed by atoms with E-state index in [0.717, 1.165) is 18.4 Å². The molecule has 0 atom stereocenters. The van der Waals surface area contributed by atoms with Gasteiger partial charge in [0, 0.05) is 11.8 Å². The van der Waals surface area contributed by atoms with Crippen molar-refractivity contribution in [2.24, 2.45) is 5.92 Å². The normalized spacial score (nSPS) is 18.5. The number of halogens is 1. The van der Waals surface area contributed by atoms with Crippen molar-refractivity contribution in [3.8, 4) is 17.5 Å². The number of imidazole rings is 1. The molecule has 0 unspecified atom stereocenters. The Balaban J connectivity index is 1.28. The third-order valence-electron chi connectivity index (χ3n) is 5.50. The first-order valence-corrected chi connectivity index (χ1v) is 10.3. The molecule has 0 radical (unpaired) electrons. The number of carboxylic acid groups (broad SMARTS) is 1. The van der Waals surface area contributed by atoms with Crippen LogP contribution in [0.4, 0.5) is 16.1 Å². The van der Waals surface area contributed by atoms with E-state index in [1.165, 1.54) is 12.1 Å². The third kappa shape index (κ3) is 4.25. The van der Waals surface area contributed by atoms with E-state index in [4.69, 9.17) is 14.3 Å². The Morgan fingerprint density at radius 2 is 1.91 bits per heavy atom. The number of carboxylic acids is 1. The number of aliphatic carboxylic acids is 1. The number of aromatic amines is 1. The largest absolute Gasteiger partial charge is 0.490 e. The highest BCUT2D eigenvalue weighted by atomic mass is 19.1. The zero-order chi connectivity index (χ0) is 22.1. The summed E-state index contributed by atoms with van der Waals surface area (Å²) < 4.78 is 24.7. The van der Waals surface area contributed by atoms with Crippen LogP contribution in [0.2, 0.25) is 0 Å². The molecular formula is C22H20FN5O4. The van der Waals surface area contributed by atoms with Crippen LogP contribution in [0.25, 0.3) is 22.7 Å². The molecule has 0 spiro atoms. The highest BCUT2D eigenvalue weighted by Gasteiger charge is 2.27. The number of H-pyrrole nitrogens is 1. The Hall–Kier alpha value is -3.95. The second-order valence-corrected chi connectivity index (χ2v) is 7.74. The number of ether oxygens (including phenoxy) is 1. The first-order chi connectivity index (χ1) is 15.5. The van der Waals surface area contributed by atoms with Crippen molar-refractivity contribution < 1.29 is 23.4 Å². The first-order valence-electron chi connectivity index (χ1n) is 10.3. The number of nitrogens with zero attached hydrogens (tertiary/aromatic N) is 3. The highest BCUT2D eigenvalue weighted by molar-refractivity contribution is 5.79. The molecule has 2 aromatic carbocycles. The molecule has 1 aliphatic rings. The molecular weight excluding hydrogens is 417 g/mol. The van der Waals surface area contributed by atoms with Gasteiger partial charge >= 0.3 is 12.0 Å². The highest BCUT2D eigenvalue weighted by Crippen LogP contribution is 2.30. The van der Waals surface area contributed by atoms with E-state index >= 15 is 0 Å². The predicted molar refractivity (Wildman–Crippen MR) is 113 cm³/mol. The number of fused-ring (bicyclic) bond motifs is 1. The van der Waals surface area contributed by atoms with Crippen LogP contribution in [-0.2, 0) is 4.79 Å². The summed E-state index contributed by atoms with van der Waals surface area (Å²) in [5, 5.41) is 20.0. The molecule has 3 N–H and O–H groups in total. The summed E-state index contributed by atoms with van der Waals surface area (Å²) in [6.07, 6.45) is 2.69. The maximum Gasteiger partial charge on any atom is 0.320 e. The fourth-order valence-corrected chi connectivity index (χ4v) is 3.81. The summed E-state index contributed by atoms with van der Waals surface area (Å²) in [5.74, 6) is -0.0219. The van der Waals surface area contributed by atoms with Gasteiger partial charge in [0.05, 0.1) is 23.1 Å². The molecule has 32 heavy (non-hydrogen) atoms. The molecule has 0 saturated heterocycles. The Kier molecular flexibility index (Phi) is 5.18. The molecule has 2 heterocycles. The Labute approximate surface area is 181 Å². The lowest BCUT2D eigenvalue weighted by molar-refractivity contribution is -0.143. The van der Waals surface area contributed by atoms with Crippen molar-refractivity contribution in [2.75, 3.05) is 5.32 Å². The van der Waals surface area contributed by atoms with Crippen molar-refractivity contribution in [1.29, 1.82) is 0 Å². The quantitative estimate of drug-likeness (QED) is 0.402. The summed E-state index contributed by atoms with van der Waals surface area (Å²) in [4.78, 5) is 18.7. The minimum Gasteiger partial charge on any atom is -0.490 e. The van der Waals surface area contributed by atoms with Gasteiger partial charge in [-0.25, -0.2) is 9.37 Å². The van der Waals surface area contributed by atoms with Crippen LogP contribution < -0.4 is 10.1 Å². The fourth-order valence-electron chi connectivity index (χ4n) is 3.81. The van der Waals surface area contributed by atoms with Crippen LogP contribution in [0.15, 0.2) is 46.9 Å². The zero-order valence-corrected chi connectivity index (χ0v) is 16.9. The summed E-state index contributed by atoms with van der Waals surface area (Å²) in [5.41, 5.74) is 2.08. The molecule has 1 fully saturated rings. The number of hydrogen-bond donors (Lipinski definition) is 3. The van der Waals surface area contributed by atoms with Crippen molar-refractivity contribution in [1.82, 2.24) is 20.2 Å². The molecule has 1 saturated carbocycles.